The second-order valence-electron chi connectivity index (χ2n) is 4.03. The molecule has 78 valence electrons. The third-order valence-corrected chi connectivity index (χ3v) is 3.32. The van der Waals surface area contributed by atoms with Gasteiger partial charge >= 0.3 is 0 Å². The van der Waals surface area contributed by atoms with Crippen molar-refractivity contribution in [3.63, 3.8) is 0 Å². The zero-order valence-electron chi connectivity index (χ0n) is 8.77. The van der Waals surface area contributed by atoms with Crippen molar-refractivity contribution < 1.29 is 4.74 Å². The van der Waals surface area contributed by atoms with Crippen LogP contribution in [0.1, 0.15) is 18.7 Å². The molecule has 0 aromatic carbocycles. The van der Waals surface area contributed by atoms with E-state index in [1.807, 2.05) is 11.3 Å². The van der Waals surface area contributed by atoms with E-state index in [-0.39, 0.29) is 0 Å². The molecule has 3 heteroatoms. The molecule has 1 aliphatic heterocycles. The predicted molar refractivity (Wildman–Crippen MR) is 59.6 cm³/mol. The van der Waals surface area contributed by atoms with Crippen LogP contribution in [0.2, 0.25) is 0 Å². The summed E-state index contributed by atoms with van der Waals surface area (Å²) in [5.74, 6) is 0. The summed E-state index contributed by atoms with van der Waals surface area (Å²) in [6.07, 6.45) is 0.748. The van der Waals surface area contributed by atoms with Crippen LogP contribution < -0.4 is 0 Å². The second kappa shape index (κ2) is 4.43. The van der Waals surface area contributed by atoms with Gasteiger partial charge in [0, 0.05) is 24.5 Å². The summed E-state index contributed by atoms with van der Waals surface area (Å²) in [6, 6.07) is 4.32. The molecule has 0 aliphatic carbocycles. The Balaban J connectivity index is 1.91. The van der Waals surface area contributed by atoms with Crippen LogP contribution >= 0.6 is 11.3 Å². The Bertz CT molecular complexity index is 263. The summed E-state index contributed by atoms with van der Waals surface area (Å²) in [7, 11) is 0. The predicted octanol–water partition coefficient (Wildman–Crippen LogP) is 2.36. The third kappa shape index (κ3) is 2.56. The SMILES string of the molecule is C[C@@H]1CN(Cc2cccs2)C[C@H](C)O1. The van der Waals surface area contributed by atoms with Gasteiger partial charge in [0.25, 0.3) is 0 Å². The number of hydrogen-bond acceptors (Lipinski definition) is 3. The van der Waals surface area contributed by atoms with Gasteiger partial charge in [-0.3, -0.25) is 4.90 Å². The van der Waals surface area contributed by atoms with Crippen molar-refractivity contribution in [3.05, 3.63) is 22.4 Å². The highest BCUT2D eigenvalue weighted by molar-refractivity contribution is 7.09. The number of rotatable bonds is 2. The minimum Gasteiger partial charge on any atom is -0.373 e. The zero-order chi connectivity index (χ0) is 9.97. The van der Waals surface area contributed by atoms with Crippen LogP contribution in [-0.2, 0) is 11.3 Å². The van der Waals surface area contributed by atoms with Crippen molar-refractivity contribution in [2.75, 3.05) is 13.1 Å². The average Bonchev–Trinajstić information content (AvgIpc) is 2.54. The summed E-state index contributed by atoms with van der Waals surface area (Å²) in [4.78, 5) is 3.93. The molecule has 0 bridgehead atoms. The first-order valence-electron chi connectivity index (χ1n) is 5.14. The zero-order valence-corrected chi connectivity index (χ0v) is 9.59. The van der Waals surface area contributed by atoms with Gasteiger partial charge in [0.1, 0.15) is 0 Å². The molecule has 1 fully saturated rings. The van der Waals surface area contributed by atoms with Crippen molar-refractivity contribution in [2.24, 2.45) is 0 Å². The quantitative estimate of drug-likeness (QED) is 0.744. The van der Waals surface area contributed by atoms with E-state index in [0.29, 0.717) is 12.2 Å². The highest BCUT2D eigenvalue weighted by atomic mass is 32.1. The Kier molecular flexibility index (Phi) is 3.21. The first kappa shape index (κ1) is 10.1. The minimum absolute atomic E-state index is 0.374. The molecule has 2 rings (SSSR count). The Morgan fingerprint density at radius 2 is 2.14 bits per heavy atom. The number of nitrogens with zero attached hydrogens (tertiary/aromatic N) is 1. The van der Waals surface area contributed by atoms with E-state index in [4.69, 9.17) is 4.74 Å². The minimum atomic E-state index is 0.374. The molecular weight excluding hydrogens is 194 g/mol. The van der Waals surface area contributed by atoms with Crippen molar-refractivity contribution in [3.8, 4) is 0 Å². The van der Waals surface area contributed by atoms with Gasteiger partial charge < -0.3 is 4.74 Å². The lowest BCUT2D eigenvalue weighted by Crippen LogP contribution is -2.44. The van der Waals surface area contributed by atoms with E-state index < -0.39 is 0 Å². The Morgan fingerprint density at radius 3 is 2.71 bits per heavy atom. The van der Waals surface area contributed by atoms with Gasteiger partial charge in [0.15, 0.2) is 0 Å². The first-order valence-corrected chi connectivity index (χ1v) is 6.02. The van der Waals surface area contributed by atoms with E-state index in [0.717, 1.165) is 19.6 Å². The van der Waals surface area contributed by atoms with Crippen molar-refractivity contribution in [2.45, 2.75) is 32.6 Å². The normalized spacial score (nSPS) is 29.3. The molecule has 1 saturated heterocycles. The van der Waals surface area contributed by atoms with Crippen LogP contribution in [0.5, 0.6) is 0 Å². The number of morpholine rings is 1. The molecule has 0 saturated carbocycles. The summed E-state index contributed by atoms with van der Waals surface area (Å²) in [5.41, 5.74) is 0. The molecule has 2 nitrogen and oxygen atoms in total. The van der Waals surface area contributed by atoms with Crippen molar-refractivity contribution in [1.82, 2.24) is 4.90 Å². The number of ether oxygens (including phenoxy) is 1. The molecule has 0 unspecified atom stereocenters. The molecule has 2 heterocycles. The molecule has 14 heavy (non-hydrogen) atoms. The van der Waals surface area contributed by atoms with Gasteiger partial charge in [0.2, 0.25) is 0 Å². The van der Waals surface area contributed by atoms with E-state index in [1.165, 1.54) is 4.88 Å². The molecule has 0 radical (unpaired) electrons. The van der Waals surface area contributed by atoms with Gasteiger partial charge in [-0.15, -0.1) is 11.3 Å². The average molecular weight is 211 g/mol. The lowest BCUT2D eigenvalue weighted by molar-refractivity contribution is -0.0702. The van der Waals surface area contributed by atoms with E-state index in [2.05, 4.69) is 36.3 Å². The molecule has 1 aliphatic rings. The summed E-state index contributed by atoms with van der Waals surface area (Å²) < 4.78 is 5.70. The van der Waals surface area contributed by atoms with Gasteiger partial charge in [-0.2, -0.15) is 0 Å². The lowest BCUT2D eigenvalue weighted by Gasteiger charge is -2.34. The van der Waals surface area contributed by atoms with Crippen molar-refractivity contribution in [1.29, 1.82) is 0 Å². The summed E-state index contributed by atoms with van der Waals surface area (Å²) >= 11 is 1.84. The summed E-state index contributed by atoms with van der Waals surface area (Å²) in [6.45, 7) is 7.49. The van der Waals surface area contributed by atoms with E-state index >= 15 is 0 Å². The molecule has 1 aromatic heterocycles. The smallest absolute Gasteiger partial charge is 0.0678 e. The fourth-order valence-corrected chi connectivity index (χ4v) is 2.78. The fraction of sp³-hybridized carbons (Fsp3) is 0.636. The van der Waals surface area contributed by atoms with Crippen molar-refractivity contribution >= 4 is 11.3 Å². The Labute approximate surface area is 89.5 Å². The molecule has 0 amide bonds. The maximum atomic E-state index is 5.70. The van der Waals surface area contributed by atoms with Crippen LogP contribution in [0.4, 0.5) is 0 Å². The third-order valence-electron chi connectivity index (χ3n) is 2.45. The Morgan fingerprint density at radius 1 is 1.43 bits per heavy atom. The highest BCUT2D eigenvalue weighted by Gasteiger charge is 2.21. The maximum Gasteiger partial charge on any atom is 0.0678 e. The van der Waals surface area contributed by atoms with Crippen LogP contribution in [0.25, 0.3) is 0 Å². The molecular formula is C11H17NOS. The van der Waals surface area contributed by atoms with Gasteiger partial charge in [0.05, 0.1) is 12.2 Å². The molecule has 0 spiro atoms. The van der Waals surface area contributed by atoms with Crippen LogP contribution in [0.3, 0.4) is 0 Å². The standard InChI is InChI=1S/C11H17NOS/c1-9-6-12(7-10(2)13-9)8-11-4-3-5-14-11/h3-5,9-10H,6-8H2,1-2H3/t9-,10+. The molecule has 1 aromatic rings. The maximum absolute atomic E-state index is 5.70. The van der Waals surface area contributed by atoms with E-state index in [1.54, 1.807) is 0 Å². The summed E-state index contributed by atoms with van der Waals surface area (Å²) in [5, 5.41) is 2.14. The number of thiophene rings is 1. The van der Waals surface area contributed by atoms with Gasteiger partial charge in [-0.1, -0.05) is 6.07 Å². The first-order chi connectivity index (χ1) is 6.74. The van der Waals surface area contributed by atoms with Crippen LogP contribution in [-0.4, -0.2) is 30.2 Å². The fourth-order valence-electron chi connectivity index (χ4n) is 2.04. The van der Waals surface area contributed by atoms with E-state index in [9.17, 15) is 0 Å². The van der Waals surface area contributed by atoms with Gasteiger partial charge in [-0.05, 0) is 25.3 Å². The molecule has 0 N–H and O–H groups in total. The van der Waals surface area contributed by atoms with Crippen LogP contribution in [0, 0.1) is 0 Å². The topological polar surface area (TPSA) is 12.5 Å². The second-order valence-corrected chi connectivity index (χ2v) is 5.06. The number of hydrogen-bond donors (Lipinski definition) is 0. The van der Waals surface area contributed by atoms with Crippen LogP contribution in [0.15, 0.2) is 17.5 Å². The highest BCUT2D eigenvalue weighted by Crippen LogP contribution is 2.16. The van der Waals surface area contributed by atoms with Gasteiger partial charge in [-0.25, -0.2) is 0 Å². The largest absolute Gasteiger partial charge is 0.373 e. The molecule has 2 atom stereocenters. The Hall–Kier alpha value is -0.380. The monoisotopic (exact) mass is 211 g/mol. The lowest BCUT2D eigenvalue weighted by atomic mass is 10.2.